The molecule has 0 aliphatic rings. The van der Waals surface area contributed by atoms with Crippen LogP contribution >= 0.6 is 11.3 Å². The van der Waals surface area contributed by atoms with Gasteiger partial charge in [-0.2, -0.15) is 0 Å². The predicted molar refractivity (Wildman–Crippen MR) is 69.3 cm³/mol. The summed E-state index contributed by atoms with van der Waals surface area (Å²) < 4.78 is 0. The Kier molecular flexibility index (Phi) is 4.86. The van der Waals surface area contributed by atoms with Gasteiger partial charge in [-0.1, -0.05) is 6.92 Å². The molecule has 1 aromatic heterocycles. The van der Waals surface area contributed by atoms with Gasteiger partial charge >= 0.3 is 0 Å². The Morgan fingerprint density at radius 2 is 2.31 bits per heavy atom. The molecule has 0 aliphatic carbocycles. The second-order valence-corrected chi connectivity index (χ2v) is 5.43. The van der Waals surface area contributed by atoms with Crippen molar-refractivity contribution < 1.29 is 0 Å². The maximum atomic E-state index is 5.69. The third kappa shape index (κ3) is 2.79. The normalized spacial score (nSPS) is 17.4. The highest BCUT2D eigenvalue weighted by Crippen LogP contribution is 2.23. The minimum atomic E-state index is 0.0421. The van der Waals surface area contributed by atoms with Crippen LogP contribution in [0.25, 0.3) is 0 Å². The summed E-state index contributed by atoms with van der Waals surface area (Å²) in [6.45, 7) is 4.41. The molecule has 1 aromatic rings. The summed E-state index contributed by atoms with van der Waals surface area (Å²) in [5, 5.41) is 3.13. The number of hydrogen-bond acceptors (Lipinski definition) is 5. The van der Waals surface area contributed by atoms with E-state index in [1.165, 1.54) is 0 Å². The van der Waals surface area contributed by atoms with E-state index in [4.69, 9.17) is 5.84 Å². The molecule has 92 valence electrons. The zero-order valence-electron chi connectivity index (χ0n) is 10.5. The van der Waals surface area contributed by atoms with E-state index >= 15 is 0 Å². The summed E-state index contributed by atoms with van der Waals surface area (Å²) in [5.74, 6) is 5.69. The van der Waals surface area contributed by atoms with E-state index in [9.17, 15) is 0 Å². The van der Waals surface area contributed by atoms with Crippen LogP contribution in [-0.2, 0) is 6.42 Å². The highest BCUT2D eigenvalue weighted by Gasteiger charge is 2.34. The van der Waals surface area contributed by atoms with E-state index in [1.807, 2.05) is 11.6 Å². The summed E-state index contributed by atoms with van der Waals surface area (Å²) in [6.07, 6.45) is 3.75. The molecule has 0 aromatic carbocycles. The molecule has 16 heavy (non-hydrogen) atoms. The first kappa shape index (κ1) is 13.6. The van der Waals surface area contributed by atoms with Crippen molar-refractivity contribution in [1.29, 1.82) is 0 Å². The van der Waals surface area contributed by atoms with E-state index in [1.54, 1.807) is 11.3 Å². The van der Waals surface area contributed by atoms with Crippen molar-refractivity contribution >= 4 is 11.3 Å². The lowest BCUT2D eigenvalue weighted by Crippen LogP contribution is -2.59. The topological polar surface area (TPSA) is 54.2 Å². The van der Waals surface area contributed by atoms with Gasteiger partial charge in [0, 0.05) is 29.6 Å². The first-order valence-corrected chi connectivity index (χ1v) is 6.44. The van der Waals surface area contributed by atoms with Gasteiger partial charge in [-0.05, 0) is 27.4 Å². The number of hydrogen-bond donors (Lipinski definition) is 2. The summed E-state index contributed by atoms with van der Waals surface area (Å²) >= 11 is 1.68. The summed E-state index contributed by atoms with van der Waals surface area (Å²) in [7, 11) is 4.19. The molecular weight excluding hydrogens is 220 g/mol. The van der Waals surface area contributed by atoms with Crippen LogP contribution in [-0.4, -0.2) is 35.6 Å². The van der Waals surface area contributed by atoms with Gasteiger partial charge in [-0.25, -0.2) is 4.98 Å². The lowest BCUT2D eigenvalue weighted by molar-refractivity contribution is 0.112. The molecule has 0 amide bonds. The average Bonchev–Trinajstić information content (AvgIpc) is 2.77. The van der Waals surface area contributed by atoms with Gasteiger partial charge in [0.2, 0.25) is 0 Å². The van der Waals surface area contributed by atoms with Gasteiger partial charge in [-0.15, -0.1) is 11.3 Å². The van der Waals surface area contributed by atoms with E-state index in [0.29, 0.717) is 0 Å². The Balaban J connectivity index is 2.79. The minimum Gasteiger partial charge on any atom is -0.302 e. The Morgan fingerprint density at radius 1 is 1.62 bits per heavy atom. The molecule has 0 radical (unpaired) electrons. The molecule has 3 N–H and O–H groups in total. The molecule has 4 nitrogen and oxygen atoms in total. The van der Waals surface area contributed by atoms with Crippen LogP contribution in [0.3, 0.4) is 0 Å². The largest absolute Gasteiger partial charge is 0.302 e. The summed E-state index contributed by atoms with van der Waals surface area (Å²) in [4.78, 5) is 6.54. The van der Waals surface area contributed by atoms with Gasteiger partial charge in [-0.3, -0.25) is 11.3 Å². The molecule has 2 atom stereocenters. The minimum absolute atomic E-state index is 0.0421. The van der Waals surface area contributed by atoms with E-state index < -0.39 is 0 Å². The number of thiazole rings is 1. The van der Waals surface area contributed by atoms with Crippen LogP contribution in [0, 0.1) is 0 Å². The smallest absolute Gasteiger partial charge is 0.0941 e. The Hall–Kier alpha value is -0.490. The van der Waals surface area contributed by atoms with Crippen LogP contribution in [0.4, 0.5) is 0 Å². The monoisotopic (exact) mass is 242 g/mol. The lowest BCUT2D eigenvalue weighted by Gasteiger charge is -2.42. The number of nitrogens with zero attached hydrogens (tertiary/aromatic N) is 2. The average molecular weight is 242 g/mol. The van der Waals surface area contributed by atoms with Gasteiger partial charge in [0.1, 0.15) is 0 Å². The molecule has 0 bridgehead atoms. The predicted octanol–water partition coefficient (Wildman–Crippen LogP) is 1.25. The number of nitrogens with two attached hydrogens (primary N) is 1. The molecule has 0 saturated heterocycles. The molecule has 0 spiro atoms. The molecule has 2 unspecified atom stereocenters. The zero-order valence-corrected chi connectivity index (χ0v) is 11.3. The fourth-order valence-corrected chi connectivity index (χ4v) is 2.52. The van der Waals surface area contributed by atoms with E-state index in [0.717, 1.165) is 17.8 Å². The van der Waals surface area contributed by atoms with Crippen molar-refractivity contribution in [2.75, 3.05) is 14.1 Å². The Bertz CT molecular complexity index is 299. The SMILES string of the molecule is CCC(C)(C(Cc1nccs1)NN)N(C)C. The van der Waals surface area contributed by atoms with Gasteiger partial charge in [0.05, 0.1) is 5.01 Å². The van der Waals surface area contributed by atoms with E-state index in [2.05, 4.69) is 43.3 Å². The van der Waals surface area contributed by atoms with Crippen LogP contribution < -0.4 is 11.3 Å². The van der Waals surface area contributed by atoms with Crippen molar-refractivity contribution in [2.45, 2.75) is 38.3 Å². The molecule has 5 heteroatoms. The Morgan fingerprint density at radius 3 is 2.69 bits per heavy atom. The number of likely N-dealkylation sites (N-methyl/N-ethyl adjacent to an activating group) is 1. The third-order valence-corrected chi connectivity index (χ3v) is 4.35. The standard InChI is InChI=1S/C11H22N4S/c1-5-11(2,15(3)4)9(14-12)8-10-13-6-7-16-10/h6-7,9,14H,5,8,12H2,1-4H3. The number of rotatable bonds is 6. The van der Waals surface area contributed by atoms with Gasteiger partial charge in [0.25, 0.3) is 0 Å². The first-order valence-electron chi connectivity index (χ1n) is 5.56. The van der Waals surface area contributed by atoms with Crippen molar-refractivity contribution in [1.82, 2.24) is 15.3 Å². The maximum absolute atomic E-state index is 5.69. The van der Waals surface area contributed by atoms with Crippen molar-refractivity contribution in [3.63, 3.8) is 0 Å². The van der Waals surface area contributed by atoms with Crippen molar-refractivity contribution in [2.24, 2.45) is 5.84 Å². The molecule has 0 aliphatic heterocycles. The zero-order chi connectivity index (χ0) is 12.2. The van der Waals surface area contributed by atoms with Crippen molar-refractivity contribution in [3.05, 3.63) is 16.6 Å². The highest BCUT2D eigenvalue weighted by molar-refractivity contribution is 7.09. The number of hydrazine groups is 1. The first-order chi connectivity index (χ1) is 7.54. The van der Waals surface area contributed by atoms with E-state index in [-0.39, 0.29) is 11.6 Å². The summed E-state index contributed by atoms with van der Waals surface area (Å²) in [5.41, 5.74) is 2.98. The van der Waals surface area contributed by atoms with Crippen molar-refractivity contribution in [3.8, 4) is 0 Å². The number of aromatic nitrogens is 1. The fourth-order valence-electron chi connectivity index (χ4n) is 1.86. The maximum Gasteiger partial charge on any atom is 0.0941 e. The lowest BCUT2D eigenvalue weighted by atomic mass is 9.86. The molecule has 1 heterocycles. The van der Waals surface area contributed by atoms with Gasteiger partial charge < -0.3 is 4.90 Å². The molecule has 0 saturated carbocycles. The van der Waals surface area contributed by atoms with Crippen LogP contribution in [0.2, 0.25) is 0 Å². The highest BCUT2D eigenvalue weighted by atomic mass is 32.1. The second kappa shape index (κ2) is 5.72. The molecule has 0 fully saturated rings. The van der Waals surface area contributed by atoms with Gasteiger partial charge in [0.15, 0.2) is 0 Å². The van der Waals surface area contributed by atoms with Crippen LogP contribution in [0.5, 0.6) is 0 Å². The number of nitrogens with one attached hydrogen (secondary N) is 1. The van der Waals surface area contributed by atoms with Crippen LogP contribution in [0.15, 0.2) is 11.6 Å². The Labute approximate surface area is 102 Å². The quantitative estimate of drug-likeness (QED) is 0.582. The molecular formula is C11H22N4S. The third-order valence-electron chi connectivity index (χ3n) is 3.55. The molecule has 1 rings (SSSR count). The second-order valence-electron chi connectivity index (χ2n) is 4.45. The van der Waals surface area contributed by atoms with Crippen LogP contribution in [0.1, 0.15) is 25.3 Å². The summed E-state index contributed by atoms with van der Waals surface area (Å²) in [6, 6.07) is 0.207. The fraction of sp³-hybridized carbons (Fsp3) is 0.727.